The molecule has 0 radical (unpaired) electrons. The van der Waals surface area contributed by atoms with Gasteiger partial charge in [-0.05, 0) is 6.92 Å². The minimum absolute atomic E-state index is 0.191. The summed E-state index contributed by atoms with van der Waals surface area (Å²) in [5.41, 5.74) is 0. The number of carboxylic acid groups (broad SMARTS) is 1. The van der Waals surface area contributed by atoms with Crippen LogP contribution >= 0.6 is 0 Å². The summed E-state index contributed by atoms with van der Waals surface area (Å²) >= 11 is 0. The van der Waals surface area contributed by atoms with E-state index in [1.165, 1.54) is 0 Å². The lowest BCUT2D eigenvalue weighted by atomic mass is 9.99. The van der Waals surface area contributed by atoms with Gasteiger partial charge in [0.2, 0.25) is 0 Å². The molecule has 1 heterocycles. The number of aliphatic hydroxyl groups is 3. The summed E-state index contributed by atoms with van der Waals surface area (Å²) in [4.78, 5) is 10.6. The molecule has 0 bridgehead atoms. The van der Waals surface area contributed by atoms with E-state index >= 15 is 0 Å². The number of carbonyl (C=O) groups is 1. The highest BCUT2D eigenvalue weighted by Crippen LogP contribution is 2.22. The van der Waals surface area contributed by atoms with Crippen LogP contribution in [0.25, 0.3) is 0 Å². The minimum atomic E-state index is -1.67. The molecule has 7 nitrogen and oxygen atoms in total. The normalized spacial score (nSPS) is 41.5. The van der Waals surface area contributed by atoms with Gasteiger partial charge >= 0.3 is 5.97 Å². The Balaban J connectivity index is 2.75. The first-order chi connectivity index (χ1) is 6.99. The van der Waals surface area contributed by atoms with Crippen molar-refractivity contribution < 1.29 is 34.7 Å². The predicted molar refractivity (Wildman–Crippen MR) is 45.9 cm³/mol. The first-order valence-electron chi connectivity index (χ1n) is 4.53. The van der Waals surface area contributed by atoms with Gasteiger partial charge in [0, 0.05) is 6.61 Å². The molecule has 1 fully saturated rings. The van der Waals surface area contributed by atoms with E-state index in [9.17, 15) is 20.1 Å². The highest BCUT2D eigenvalue weighted by atomic mass is 16.7. The van der Waals surface area contributed by atoms with Crippen LogP contribution in [0, 0.1) is 0 Å². The Bertz CT molecular complexity index is 231. The van der Waals surface area contributed by atoms with Gasteiger partial charge in [-0.1, -0.05) is 0 Å². The van der Waals surface area contributed by atoms with E-state index < -0.39 is 36.7 Å². The summed E-state index contributed by atoms with van der Waals surface area (Å²) in [7, 11) is 0. The number of aliphatic hydroxyl groups excluding tert-OH is 3. The van der Waals surface area contributed by atoms with E-state index in [1.54, 1.807) is 6.92 Å². The summed E-state index contributed by atoms with van der Waals surface area (Å²) in [5.74, 6) is -1.42. The molecule has 0 aromatic carbocycles. The van der Waals surface area contributed by atoms with Crippen molar-refractivity contribution in [2.75, 3.05) is 6.61 Å². The summed E-state index contributed by atoms with van der Waals surface area (Å²) in [6, 6.07) is 0. The lowest BCUT2D eigenvalue weighted by Gasteiger charge is -2.38. The molecule has 0 aromatic heterocycles. The van der Waals surface area contributed by atoms with Crippen LogP contribution in [0.4, 0.5) is 0 Å². The zero-order valence-corrected chi connectivity index (χ0v) is 8.11. The first-order valence-corrected chi connectivity index (χ1v) is 4.53. The van der Waals surface area contributed by atoms with Gasteiger partial charge in [0.15, 0.2) is 12.4 Å². The number of aliphatic carboxylic acids is 1. The third-order valence-corrected chi connectivity index (χ3v) is 2.14. The van der Waals surface area contributed by atoms with Crippen molar-refractivity contribution in [3.63, 3.8) is 0 Å². The Morgan fingerprint density at radius 3 is 2.33 bits per heavy atom. The highest BCUT2D eigenvalue weighted by Gasteiger charge is 2.47. The van der Waals surface area contributed by atoms with Crippen LogP contribution < -0.4 is 0 Å². The van der Waals surface area contributed by atoms with E-state index in [0.29, 0.717) is 0 Å². The monoisotopic (exact) mass is 222 g/mol. The van der Waals surface area contributed by atoms with Crippen LogP contribution in [0.2, 0.25) is 0 Å². The predicted octanol–water partition coefficient (Wildman–Crippen LogP) is -2.08. The third kappa shape index (κ3) is 2.44. The van der Waals surface area contributed by atoms with Crippen molar-refractivity contribution in [3.8, 4) is 0 Å². The van der Waals surface area contributed by atoms with E-state index in [1.807, 2.05) is 0 Å². The lowest BCUT2D eigenvalue weighted by molar-refractivity contribution is -0.292. The Kier molecular flexibility index (Phi) is 4.00. The van der Waals surface area contributed by atoms with Crippen molar-refractivity contribution in [3.05, 3.63) is 0 Å². The van der Waals surface area contributed by atoms with Crippen LogP contribution in [0.5, 0.6) is 0 Å². The molecule has 0 aromatic rings. The second kappa shape index (κ2) is 4.86. The maximum Gasteiger partial charge on any atom is 0.335 e. The fraction of sp³-hybridized carbons (Fsp3) is 0.875. The number of hydrogen-bond donors (Lipinski definition) is 4. The van der Waals surface area contributed by atoms with Gasteiger partial charge in [-0.25, -0.2) is 4.79 Å². The molecular weight excluding hydrogens is 208 g/mol. The number of rotatable bonds is 3. The summed E-state index contributed by atoms with van der Waals surface area (Å²) in [6.45, 7) is 1.82. The Morgan fingerprint density at radius 1 is 1.27 bits per heavy atom. The lowest BCUT2D eigenvalue weighted by Crippen LogP contribution is -2.60. The smallest absolute Gasteiger partial charge is 0.335 e. The molecule has 15 heavy (non-hydrogen) atoms. The molecule has 1 aliphatic heterocycles. The highest BCUT2D eigenvalue weighted by molar-refractivity contribution is 5.73. The van der Waals surface area contributed by atoms with Crippen LogP contribution in [0.3, 0.4) is 0 Å². The van der Waals surface area contributed by atoms with Gasteiger partial charge in [0.25, 0.3) is 0 Å². The molecule has 1 rings (SSSR count). The largest absolute Gasteiger partial charge is 0.479 e. The first kappa shape index (κ1) is 12.3. The summed E-state index contributed by atoms with van der Waals surface area (Å²) in [5, 5.41) is 36.7. The molecule has 4 N–H and O–H groups in total. The van der Waals surface area contributed by atoms with Gasteiger partial charge < -0.3 is 29.9 Å². The van der Waals surface area contributed by atoms with E-state index in [4.69, 9.17) is 14.6 Å². The second-order valence-corrected chi connectivity index (χ2v) is 3.19. The molecule has 3 unspecified atom stereocenters. The SMILES string of the molecule is CCO[C@@H]1OC(C(=O)O)[C@H](O)C(O)C1O. The fourth-order valence-electron chi connectivity index (χ4n) is 1.35. The number of carboxylic acids is 1. The maximum absolute atomic E-state index is 10.6. The summed E-state index contributed by atoms with van der Waals surface area (Å²) < 4.78 is 9.69. The third-order valence-electron chi connectivity index (χ3n) is 2.14. The van der Waals surface area contributed by atoms with Gasteiger partial charge in [0.1, 0.15) is 18.3 Å². The molecule has 1 aliphatic rings. The van der Waals surface area contributed by atoms with Gasteiger partial charge in [-0.15, -0.1) is 0 Å². The van der Waals surface area contributed by atoms with Gasteiger partial charge in [0.05, 0.1) is 0 Å². The van der Waals surface area contributed by atoms with E-state index in [-0.39, 0.29) is 6.61 Å². The fourth-order valence-corrected chi connectivity index (χ4v) is 1.35. The molecule has 7 heteroatoms. The van der Waals surface area contributed by atoms with Crippen molar-refractivity contribution in [1.82, 2.24) is 0 Å². The van der Waals surface area contributed by atoms with Crippen molar-refractivity contribution in [2.24, 2.45) is 0 Å². The maximum atomic E-state index is 10.6. The van der Waals surface area contributed by atoms with Gasteiger partial charge in [-0.3, -0.25) is 0 Å². The van der Waals surface area contributed by atoms with Crippen LogP contribution in [-0.2, 0) is 14.3 Å². The zero-order chi connectivity index (χ0) is 11.6. The standard InChI is InChI=1S/C8H14O7/c1-2-14-8-5(11)3(9)4(10)6(15-8)7(12)13/h3-6,8-11H,2H2,1H3,(H,12,13)/t3?,4-,5?,6?,8-/m1/s1. The Labute approximate surface area is 85.9 Å². The Hall–Kier alpha value is -0.730. The molecule has 5 atom stereocenters. The average Bonchev–Trinajstić information content (AvgIpc) is 2.18. The van der Waals surface area contributed by atoms with E-state index in [0.717, 1.165) is 0 Å². The van der Waals surface area contributed by atoms with Crippen LogP contribution in [-0.4, -0.2) is 63.7 Å². The molecular formula is C8H14O7. The van der Waals surface area contributed by atoms with E-state index in [2.05, 4.69) is 0 Å². The average molecular weight is 222 g/mol. The van der Waals surface area contributed by atoms with Crippen molar-refractivity contribution >= 4 is 5.97 Å². The number of hydrogen-bond acceptors (Lipinski definition) is 6. The van der Waals surface area contributed by atoms with Crippen molar-refractivity contribution in [2.45, 2.75) is 37.6 Å². The van der Waals surface area contributed by atoms with Crippen molar-refractivity contribution in [1.29, 1.82) is 0 Å². The van der Waals surface area contributed by atoms with Crippen LogP contribution in [0.1, 0.15) is 6.92 Å². The molecule has 1 saturated heterocycles. The molecule has 0 spiro atoms. The number of ether oxygens (including phenoxy) is 2. The molecule has 0 aliphatic carbocycles. The molecule has 0 saturated carbocycles. The quantitative estimate of drug-likeness (QED) is 0.432. The minimum Gasteiger partial charge on any atom is -0.479 e. The second-order valence-electron chi connectivity index (χ2n) is 3.19. The molecule has 0 amide bonds. The summed E-state index contributed by atoms with van der Waals surface area (Å²) in [6.07, 6.45) is -7.57. The van der Waals surface area contributed by atoms with Gasteiger partial charge in [-0.2, -0.15) is 0 Å². The Morgan fingerprint density at radius 2 is 1.87 bits per heavy atom. The zero-order valence-electron chi connectivity index (χ0n) is 8.11. The molecule has 88 valence electrons. The topological polar surface area (TPSA) is 116 Å². The van der Waals surface area contributed by atoms with Crippen LogP contribution in [0.15, 0.2) is 0 Å².